The highest BCUT2D eigenvalue weighted by molar-refractivity contribution is 7.19. The van der Waals surface area contributed by atoms with Crippen LogP contribution in [0.15, 0.2) is 54.6 Å². The van der Waals surface area contributed by atoms with Crippen LogP contribution in [-0.4, -0.2) is 19.2 Å². The Labute approximate surface area is 193 Å². The van der Waals surface area contributed by atoms with Crippen LogP contribution in [0.4, 0.5) is 0 Å². The monoisotopic (exact) mass is 450 g/mol. The van der Waals surface area contributed by atoms with E-state index in [1.165, 1.54) is 33.4 Å². The van der Waals surface area contributed by atoms with Gasteiger partial charge < -0.3 is 21.9 Å². The van der Waals surface area contributed by atoms with Crippen LogP contribution in [0, 0.1) is 5.92 Å². The van der Waals surface area contributed by atoms with Gasteiger partial charge in [0.2, 0.25) is 0 Å². The summed E-state index contributed by atoms with van der Waals surface area (Å²) < 4.78 is 10.7. The largest absolute Gasteiger partial charge is 1.00 e. The topological polar surface area (TPSA) is 31.4 Å². The maximum atomic E-state index is 5.37. The van der Waals surface area contributed by atoms with Crippen molar-refractivity contribution in [2.45, 2.75) is 26.2 Å². The van der Waals surface area contributed by atoms with Crippen molar-refractivity contribution in [3.05, 3.63) is 65.0 Å². The van der Waals surface area contributed by atoms with Gasteiger partial charge in [0.05, 0.1) is 19.9 Å². The van der Waals surface area contributed by atoms with Crippen molar-refractivity contribution in [3.63, 3.8) is 0 Å². The summed E-state index contributed by atoms with van der Waals surface area (Å²) in [6.07, 6.45) is 3.56. The van der Waals surface area contributed by atoms with E-state index in [-0.39, 0.29) is 12.4 Å². The molecule has 160 valence electrons. The third kappa shape index (κ3) is 4.02. The molecule has 0 aliphatic heterocycles. The highest BCUT2D eigenvalue weighted by Crippen LogP contribution is 2.43. The molecule has 3 nitrogen and oxygen atoms in total. The summed E-state index contributed by atoms with van der Waals surface area (Å²) in [5.74, 6) is 2.48. The van der Waals surface area contributed by atoms with E-state index < -0.39 is 0 Å². The Hall–Kier alpha value is -2.56. The molecule has 2 heterocycles. The Kier molecular flexibility index (Phi) is 6.22. The molecule has 0 fully saturated rings. The summed E-state index contributed by atoms with van der Waals surface area (Å²) in [6, 6.07) is 18.8. The molecule has 0 bridgehead atoms. The molecule has 5 rings (SSSR count). The highest BCUT2D eigenvalue weighted by Gasteiger charge is 2.24. The van der Waals surface area contributed by atoms with Crippen molar-refractivity contribution in [1.29, 1.82) is 0 Å². The number of aromatic nitrogens is 1. The number of fused-ring (bicyclic) bond motifs is 3. The molecular weight excluding hydrogens is 426 g/mol. The molecule has 0 N–H and O–H groups in total. The number of hydrogen-bond donors (Lipinski definition) is 0. The quantitative estimate of drug-likeness (QED) is 0.474. The normalized spacial score (nSPS) is 15.3. The fraction of sp³-hybridized carbons (Fsp3) is 0.269. The van der Waals surface area contributed by atoms with Crippen molar-refractivity contribution in [3.8, 4) is 33.9 Å². The third-order valence-electron chi connectivity index (χ3n) is 6.05. The lowest BCUT2D eigenvalue weighted by Gasteiger charge is -2.18. The van der Waals surface area contributed by atoms with Gasteiger partial charge in [0, 0.05) is 15.8 Å². The number of benzene rings is 2. The smallest absolute Gasteiger partial charge is 0.125 e. The molecule has 1 aliphatic rings. The molecule has 31 heavy (non-hydrogen) atoms. The van der Waals surface area contributed by atoms with Crippen LogP contribution in [0.25, 0.3) is 32.6 Å². The Morgan fingerprint density at radius 1 is 0.903 bits per heavy atom. The SMILES string of the molecule is COc1ccc(-c2cc(-c3ccc(OC)cc3)c3c4c(sc3n2)CC(C)CC4)cc1.[Cl-]. The van der Waals surface area contributed by atoms with Crippen LogP contribution in [0.3, 0.4) is 0 Å². The Morgan fingerprint density at radius 2 is 1.52 bits per heavy atom. The van der Waals surface area contributed by atoms with Crippen LogP contribution in [-0.2, 0) is 12.8 Å². The van der Waals surface area contributed by atoms with Gasteiger partial charge in [-0.15, -0.1) is 11.3 Å². The molecule has 1 aliphatic carbocycles. The minimum atomic E-state index is 0. The van der Waals surface area contributed by atoms with Crippen LogP contribution in [0.2, 0.25) is 0 Å². The predicted octanol–water partition coefficient (Wildman–Crippen LogP) is 3.78. The van der Waals surface area contributed by atoms with Crippen LogP contribution >= 0.6 is 11.3 Å². The second-order valence-electron chi connectivity index (χ2n) is 8.04. The Bertz CT molecular complexity index is 1200. The molecule has 0 saturated heterocycles. The van der Waals surface area contributed by atoms with Gasteiger partial charge in [-0.2, -0.15) is 0 Å². The second kappa shape index (κ2) is 8.89. The average molecular weight is 451 g/mol. The zero-order chi connectivity index (χ0) is 20.7. The summed E-state index contributed by atoms with van der Waals surface area (Å²) in [6.45, 7) is 2.36. The van der Waals surface area contributed by atoms with Crippen molar-refractivity contribution < 1.29 is 21.9 Å². The van der Waals surface area contributed by atoms with E-state index in [1.807, 2.05) is 35.6 Å². The lowest BCUT2D eigenvalue weighted by Crippen LogP contribution is -3.00. The first-order valence-corrected chi connectivity index (χ1v) is 11.2. The fourth-order valence-electron chi connectivity index (χ4n) is 4.35. The lowest BCUT2D eigenvalue weighted by atomic mass is 9.87. The maximum absolute atomic E-state index is 5.37. The van der Waals surface area contributed by atoms with E-state index >= 15 is 0 Å². The predicted molar refractivity (Wildman–Crippen MR) is 125 cm³/mol. The number of ether oxygens (including phenoxy) is 2. The van der Waals surface area contributed by atoms with E-state index in [4.69, 9.17) is 14.5 Å². The summed E-state index contributed by atoms with van der Waals surface area (Å²) in [4.78, 5) is 7.76. The number of aryl methyl sites for hydroxylation is 1. The van der Waals surface area contributed by atoms with Crippen molar-refractivity contribution in [1.82, 2.24) is 4.98 Å². The maximum Gasteiger partial charge on any atom is 0.125 e. The molecular formula is C26H25ClNO2S-. The summed E-state index contributed by atoms with van der Waals surface area (Å²) >= 11 is 1.88. The summed E-state index contributed by atoms with van der Waals surface area (Å²) in [5.41, 5.74) is 6.08. The third-order valence-corrected chi connectivity index (χ3v) is 7.20. The second-order valence-corrected chi connectivity index (χ2v) is 9.13. The van der Waals surface area contributed by atoms with Crippen molar-refractivity contribution in [2.75, 3.05) is 14.2 Å². The van der Waals surface area contributed by atoms with Crippen molar-refractivity contribution >= 4 is 21.6 Å². The van der Waals surface area contributed by atoms with Crippen LogP contribution in [0.1, 0.15) is 23.8 Å². The molecule has 0 spiro atoms. The molecule has 1 unspecified atom stereocenters. The van der Waals surface area contributed by atoms with Gasteiger partial charge in [-0.3, -0.25) is 0 Å². The number of thiophene rings is 1. The molecule has 0 amide bonds. The fourth-order valence-corrected chi connectivity index (χ4v) is 5.76. The van der Waals surface area contributed by atoms with E-state index in [0.29, 0.717) is 0 Å². The molecule has 0 radical (unpaired) electrons. The Morgan fingerprint density at radius 3 is 2.13 bits per heavy atom. The average Bonchev–Trinajstić information content (AvgIpc) is 3.16. The minimum Gasteiger partial charge on any atom is -1.00 e. The van der Waals surface area contributed by atoms with Gasteiger partial charge in [-0.05, 0) is 84.3 Å². The van der Waals surface area contributed by atoms with Crippen LogP contribution in [0.5, 0.6) is 11.5 Å². The van der Waals surface area contributed by atoms with Gasteiger partial charge in [-0.25, -0.2) is 4.98 Å². The van der Waals surface area contributed by atoms with E-state index in [9.17, 15) is 0 Å². The molecule has 2 aromatic carbocycles. The van der Waals surface area contributed by atoms with E-state index in [2.05, 4.69) is 37.3 Å². The molecule has 1 atom stereocenters. The minimum absolute atomic E-state index is 0. The lowest BCUT2D eigenvalue weighted by molar-refractivity contribution is -0.00000660. The number of methoxy groups -OCH3 is 2. The molecule has 4 aromatic rings. The zero-order valence-electron chi connectivity index (χ0n) is 17.9. The van der Waals surface area contributed by atoms with E-state index in [0.717, 1.165) is 46.3 Å². The first kappa shape index (κ1) is 21.7. The zero-order valence-corrected chi connectivity index (χ0v) is 19.5. The molecule has 0 saturated carbocycles. The van der Waals surface area contributed by atoms with Gasteiger partial charge in [0.15, 0.2) is 0 Å². The number of pyridine rings is 1. The summed E-state index contributed by atoms with van der Waals surface area (Å²) in [5, 5.41) is 1.34. The van der Waals surface area contributed by atoms with Gasteiger partial charge in [-0.1, -0.05) is 19.1 Å². The number of hydrogen-bond acceptors (Lipinski definition) is 4. The first-order valence-electron chi connectivity index (χ1n) is 10.4. The van der Waals surface area contributed by atoms with Gasteiger partial charge >= 0.3 is 0 Å². The highest BCUT2D eigenvalue weighted by atomic mass is 35.5. The van der Waals surface area contributed by atoms with Crippen molar-refractivity contribution in [2.24, 2.45) is 5.92 Å². The number of rotatable bonds is 4. The van der Waals surface area contributed by atoms with Gasteiger partial charge in [0.25, 0.3) is 0 Å². The number of nitrogens with zero attached hydrogens (tertiary/aromatic N) is 1. The molecule has 5 heteroatoms. The molecule has 2 aromatic heterocycles. The Balaban J connectivity index is 0.00000231. The van der Waals surface area contributed by atoms with E-state index in [1.54, 1.807) is 14.2 Å². The standard InChI is InChI=1S/C26H25NO2S.ClH/c1-16-4-13-21-24(14-16)30-26-25(21)22(17-5-9-19(28-2)10-6-17)15-23(27-26)18-7-11-20(29-3)12-8-18;/h5-12,15-16H,4,13-14H2,1-3H3;1H/p-1. The summed E-state index contributed by atoms with van der Waals surface area (Å²) in [7, 11) is 3.40. The number of halogens is 1. The first-order chi connectivity index (χ1) is 14.7. The van der Waals surface area contributed by atoms with Crippen LogP contribution < -0.4 is 21.9 Å². The van der Waals surface area contributed by atoms with Gasteiger partial charge in [0.1, 0.15) is 16.3 Å².